The first-order valence-electron chi connectivity index (χ1n) is 13.4. The van der Waals surface area contributed by atoms with E-state index in [-0.39, 0.29) is 45.5 Å². The van der Waals surface area contributed by atoms with Gasteiger partial charge in [-0.1, -0.05) is 84.0 Å². The van der Waals surface area contributed by atoms with Crippen LogP contribution in [0.5, 0.6) is 0 Å². The summed E-state index contributed by atoms with van der Waals surface area (Å²) in [6.07, 6.45) is 0.932. The van der Waals surface area contributed by atoms with Crippen molar-refractivity contribution in [3.8, 4) is 0 Å². The molecule has 7 nitrogen and oxygen atoms in total. The number of benzene rings is 3. The molecule has 2 amide bonds. The predicted molar refractivity (Wildman–Crippen MR) is 171 cm³/mol. The third kappa shape index (κ3) is 8.11. The Hall–Kier alpha value is -2.49. The van der Waals surface area contributed by atoms with Gasteiger partial charge in [-0.2, -0.15) is 0 Å². The second kappa shape index (κ2) is 14.8. The van der Waals surface area contributed by atoms with Gasteiger partial charge >= 0.3 is 0 Å². The summed E-state index contributed by atoms with van der Waals surface area (Å²) in [4.78, 5) is 28.9. The molecule has 3 aromatic rings. The highest BCUT2D eigenvalue weighted by Gasteiger charge is 2.35. The van der Waals surface area contributed by atoms with Crippen molar-refractivity contribution < 1.29 is 18.0 Å². The molecule has 0 radical (unpaired) electrons. The number of hydrogen-bond acceptors (Lipinski definition) is 4. The Kier molecular flexibility index (Phi) is 12.0. The van der Waals surface area contributed by atoms with Gasteiger partial charge in [-0.25, -0.2) is 8.42 Å². The second-order valence-electron chi connectivity index (χ2n) is 9.88. The number of rotatable bonds is 12. The van der Waals surface area contributed by atoms with Crippen molar-refractivity contribution >= 4 is 73.9 Å². The molecule has 0 spiro atoms. The first-order valence-corrected chi connectivity index (χ1v) is 16.3. The third-order valence-electron chi connectivity index (χ3n) is 6.84. The minimum Gasteiger partial charge on any atom is -0.352 e. The molecular weight excluding hydrogens is 640 g/mol. The molecule has 0 aliphatic carbocycles. The summed E-state index contributed by atoms with van der Waals surface area (Å²) in [5.74, 6) is -1.04. The van der Waals surface area contributed by atoms with E-state index in [0.29, 0.717) is 22.0 Å². The maximum absolute atomic E-state index is 14.2. The van der Waals surface area contributed by atoms with E-state index >= 15 is 0 Å². The zero-order chi connectivity index (χ0) is 31.2. The van der Waals surface area contributed by atoms with E-state index in [1.54, 1.807) is 37.3 Å². The van der Waals surface area contributed by atoms with Crippen molar-refractivity contribution in [2.45, 2.75) is 64.1 Å². The van der Waals surface area contributed by atoms with Gasteiger partial charge in [0.2, 0.25) is 11.8 Å². The van der Waals surface area contributed by atoms with Gasteiger partial charge in [0.1, 0.15) is 12.6 Å². The minimum absolute atomic E-state index is 0.0194. The van der Waals surface area contributed by atoms with Crippen molar-refractivity contribution in [2.75, 3.05) is 10.8 Å². The summed E-state index contributed by atoms with van der Waals surface area (Å²) in [7, 11) is -4.31. The lowest BCUT2D eigenvalue weighted by atomic mass is 10.1. The van der Waals surface area contributed by atoms with Crippen LogP contribution in [0.1, 0.15) is 44.7 Å². The highest BCUT2D eigenvalue weighted by atomic mass is 35.5. The second-order valence-corrected chi connectivity index (χ2v) is 13.4. The highest BCUT2D eigenvalue weighted by molar-refractivity contribution is 7.92. The molecule has 0 saturated heterocycles. The highest BCUT2D eigenvalue weighted by Crippen LogP contribution is 2.34. The fraction of sp³-hybridized carbons (Fsp3) is 0.333. The maximum atomic E-state index is 14.2. The SMILES string of the molecule is CC[C@H](C(=O)N[C@@H](C)CC)N(Cc1c(Cl)cccc1Cl)C(=O)CN(c1cc(Cl)ccc1Cl)S(=O)(=O)c1ccc(C)cc1. The van der Waals surface area contributed by atoms with E-state index in [4.69, 9.17) is 46.4 Å². The number of carbonyl (C=O) groups excluding carboxylic acids is 2. The quantitative estimate of drug-likeness (QED) is 0.216. The average molecular weight is 673 g/mol. The number of nitrogens with zero attached hydrogens (tertiary/aromatic N) is 2. The van der Waals surface area contributed by atoms with Crippen LogP contribution in [-0.4, -0.2) is 43.8 Å². The lowest BCUT2D eigenvalue weighted by Gasteiger charge is -2.34. The van der Waals surface area contributed by atoms with Gasteiger partial charge in [-0.15, -0.1) is 0 Å². The number of carbonyl (C=O) groups is 2. The first kappa shape index (κ1) is 34.0. The average Bonchev–Trinajstić information content (AvgIpc) is 2.94. The van der Waals surface area contributed by atoms with Crippen LogP contribution < -0.4 is 9.62 Å². The van der Waals surface area contributed by atoms with E-state index in [2.05, 4.69) is 5.32 Å². The number of halogens is 4. The van der Waals surface area contributed by atoms with E-state index < -0.39 is 28.5 Å². The Morgan fingerprint density at radius 3 is 2.07 bits per heavy atom. The van der Waals surface area contributed by atoms with E-state index in [1.165, 1.54) is 35.2 Å². The van der Waals surface area contributed by atoms with Gasteiger partial charge in [0, 0.05) is 33.2 Å². The number of hydrogen-bond donors (Lipinski definition) is 1. The summed E-state index contributed by atoms with van der Waals surface area (Å²) in [6, 6.07) is 14.4. The molecule has 0 aliphatic rings. The fourth-order valence-electron chi connectivity index (χ4n) is 4.24. The normalized spacial score (nSPS) is 12.9. The molecule has 12 heteroatoms. The Morgan fingerprint density at radius 1 is 0.881 bits per heavy atom. The Labute approximate surface area is 267 Å². The van der Waals surface area contributed by atoms with Crippen molar-refractivity contribution in [1.29, 1.82) is 0 Å². The Morgan fingerprint density at radius 2 is 1.50 bits per heavy atom. The molecular formula is C30H33Cl4N3O4S. The number of nitrogens with one attached hydrogen (secondary N) is 1. The van der Waals surface area contributed by atoms with E-state index in [0.717, 1.165) is 9.87 Å². The van der Waals surface area contributed by atoms with Crippen molar-refractivity contribution in [1.82, 2.24) is 10.2 Å². The number of sulfonamides is 1. The Balaban J connectivity index is 2.14. The van der Waals surface area contributed by atoms with Crippen molar-refractivity contribution in [3.05, 3.63) is 91.9 Å². The smallest absolute Gasteiger partial charge is 0.264 e. The van der Waals surface area contributed by atoms with Crippen LogP contribution in [0.2, 0.25) is 20.1 Å². The summed E-state index contributed by atoms with van der Waals surface area (Å²) < 4.78 is 29.0. The van der Waals surface area contributed by atoms with Crippen LogP contribution >= 0.6 is 46.4 Å². The molecule has 42 heavy (non-hydrogen) atoms. The number of anilines is 1. The summed E-state index contributed by atoms with van der Waals surface area (Å²) in [5.41, 5.74) is 1.31. The van der Waals surface area contributed by atoms with Crippen LogP contribution in [0.4, 0.5) is 5.69 Å². The monoisotopic (exact) mass is 671 g/mol. The van der Waals surface area contributed by atoms with Crippen LogP contribution in [0, 0.1) is 6.92 Å². The number of amides is 2. The van der Waals surface area contributed by atoms with E-state index in [9.17, 15) is 18.0 Å². The molecule has 0 bridgehead atoms. The maximum Gasteiger partial charge on any atom is 0.264 e. The zero-order valence-electron chi connectivity index (χ0n) is 23.7. The molecule has 0 unspecified atom stereocenters. The minimum atomic E-state index is -4.31. The standard InChI is InChI=1S/C30H33Cl4N3O4S/c1-5-20(4)35-30(39)27(6-2)36(17-23-24(32)8-7-9-25(23)33)29(38)18-37(28-16-21(31)12-15-26(28)34)42(40,41)22-13-10-19(3)11-14-22/h7-16,20,27H,5-6,17-18H2,1-4H3,(H,35,39)/t20-,27+/m0/s1. The number of aryl methyl sites for hydroxylation is 1. The predicted octanol–water partition coefficient (Wildman–Crippen LogP) is 7.53. The van der Waals surface area contributed by atoms with Crippen LogP contribution in [-0.2, 0) is 26.2 Å². The first-order chi connectivity index (χ1) is 19.8. The van der Waals surface area contributed by atoms with Gasteiger partial charge in [0.25, 0.3) is 10.0 Å². The lowest BCUT2D eigenvalue weighted by molar-refractivity contribution is -0.140. The zero-order valence-corrected chi connectivity index (χ0v) is 27.5. The summed E-state index contributed by atoms with van der Waals surface area (Å²) in [5, 5.41) is 3.84. The van der Waals surface area contributed by atoms with Gasteiger partial charge in [-0.3, -0.25) is 13.9 Å². The molecule has 3 aromatic carbocycles. The fourth-order valence-corrected chi connectivity index (χ4v) is 6.62. The van der Waals surface area contributed by atoms with Crippen molar-refractivity contribution in [2.24, 2.45) is 0 Å². The molecule has 226 valence electrons. The molecule has 0 heterocycles. The van der Waals surface area contributed by atoms with Crippen LogP contribution in [0.3, 0.4) is 0 Å². The molecule has 3 rings (SSSR count). The van der Waals surface area contributed by atoms with Crippen LogP contribution in [0.15, 0.2) is 65.6 Å². The lowest BCUT2D eigenvalue weighted by Crippen LogP contribution is -2.53. The molecule has 1 N–H and O–H groups in total. The summed E-state index contributed by atoms with van der Waals surface area (Å²) >= 11 is 25.6. The van der Waals surface area contributed by atoms with Gasteiger partial charge in [-0.05, 0) is 69.2 Å². The third-order valence-corrected chi connectivity index (χ3v) is 9.88. The van der Waals surface area contributed by atoms with Gasteiger partial charge in [0.15, 0.2) is 0 Å². The molecule has 0 aromatic heterocycles. The topological polar surface area (TPSA) is 86.8 Å². The molecule has 0 fully saturated rings. The van der Waals surface area contributed by atoms with E-state index in [1.807, 2.05) is 20.8 Å². The molecule has 0 saturated carbocycles. The van der Waals surface area contributed by atoms with Gasteiger partial charge < -0.3 is 10.2 Å². The van der Waals surface area contributed by atoms with Gasteiger partial charge in [0.05, 0.1) is 15.6 Å². The van der Waals surface area contributed by atoms with Crippen LogP contribution in [0.25, 0.3) is 0 Å². The molecule has 2 atom stereocenters. The molecule has 0 aliphatic heterocycles. The van der Waals surface area contributed by atoms with Crippen molar-refractivity contribution in [3.63, 3.8) is 0 Å². The summed E-state index contributed by atoms with van der Waals surface area (Å²) in [6.45, 7) is 6.58. The Bertz CT molecular complexity index is 1510. The largest absolute Gasteiger partial charge is 0.352 e.